The maximum Gasteiger partial charge on any atom is 0.265 e. The minimum atomic E-state index is -0.0656. The molecule has 0 bridgehead atoms. The van der Waals surface area contributed by atoms with Gasteiger partial charge in [-0.05, 0) is 35.7 Å². The molecule has 0 aliphatic heterocycles. The second-order valence-corrected chi connectivity index (χ2v) is 5.81. The maximum atomic E-state index is 12.1. The van der Waals surface area contributed by atoms with Gasteiger partial charge >= 0.3 is 0 Å². The Morgan fingerprint density at radius 2 is 1.81 bits per heavy atom. The van der Waals surface area contributed by atoms with Crippen LogP contribution in [0.2, 0.25) is 0 Å². The van der Waals surface area contributed by atoms with Crippen molar-refractivity contribution < 1.29 is 4.79 Å². The van der Waals surface area contributed by atoms with Gasteiger partial charge in [0.05, 0.1) is 4.88 Å². The minimum absolute atomic E-state index is 0.0656. The van der Waals surface area contributed by atoms with E-state index >= 15 is 0 Å². The first-order chi connectivity index (χ1) is 10.3. The summed E-state index contributed by atoms with van der Waals surface area (Å²) in [6.45, 7) is 0. The van der Waals surface area contributed by atoms with E-state index in [1.54, 1.807) is 0 Å². The Morgan fingerprint density at radius 3 is 2.67 bits per heavy atom. The number of nitrogens with one attached hydrogen (secondary N) is 2. The van der Waals surface area contributed by atoms with Crippen molar-refractivity contribution in [3.05, 3.63) is 64.9 Å². The molecule has 2 aromatic heterocycles. The number of benzene rings is 2. The molecule has 0 unspecified atom stereocenters. The molecule has 4 rings (SSSR count). The van der Waals surface area contributed by atoms with Crippen LogP contribution in [-0.2, 0) is 0 Å². The number of aromatic nitrogens is 1. The number of para-hydroxylation sites is 1. The summed E-state index contributed by atoms with van der Waals surface area (Å²) >= 11 is 1.44. The Bertz CT molecular complexity index is 938. The summed E-state index contributed by atoms with van der Waals surface area (Å²) in [6.07, 6.45) is 0. The first-order valence-corrected chi connectivity index (χ1v) is 7.54. The summed E-state index contributed by atoms with van der Waals surface area (Å²) in [4.78, 5) is 16.2. The van der Waals surface area contributed by atoms with Crippen LogP contribution in [0.15, 0.2) is 60.0 Å². The first kappa shape index (κ1) is 12.2. The van der Waals surface area contributed by atoms with E-state index in [4.69, 9.17) is 0 Å². The quantitative estimate of drug-likeness (QED) is 0.555. The summed E-state index contributed by atoms with van der Waals surface area (Å²) in [7, 11) is 0. The van der Waals surface area contributed by atoms with Gasteiger partial charge in [0.2, 0.25) is 0 Å². The van der Waals surface area contributed by atoms with E-state index < -0.39 is 0 Å². The number of rotatable bonds is 2. The number of carbonyl (C=O) groups is 1. The standard InChI is InChI=1S/C17H12N2OS/c20-17(16-6-3-9-21-16)18-11-7-8-15-13(10-11)12-4-1-2-5-14(12)19-15/h1-10,19H,(H,18,20). The molecule has 3 nitrogen and oxygen atoms in total. The summed E-state index contributed by atoms with van der Waals surface area (Å²) in [5.74, 6) is -0.0656. The van der Waals surface area contributed by atoms with Crippen molar-refractivity contribution in [3.63, 3.8) is 0 Å². The third-order valence-electron chi connectivity index (χ3n) is 3.51. The average molecular weight is 292 g/mol. The predicted molar refractivity (Wildman–Crippen MR) is 88.1 cm³/mol. The van der Waals surface area contributed by atoms with Crippen molar-refractivity contribution in [2.24, 2.45) is 0 Å². The monoisotopic (exact) mass is 292 g/mol. The third-order valence-corrected chi connectivity index (χ3v) is 4.38. The molecule has 1 amide bonds. The Hall–Kier alpha value is -2.59. The van der Waals surface area contributed by atoms with Gasteiger partial charge in [-0.25, -0.2) is 0 Å². The number of carbonyl (C=O) groups excluding carboxylic acids is 1. The molecule has 4 heteroatoms. The van der Waals surface area contributed by atoms with Crippen LogP contribution < -0.4 is 5.32 Å². The Morgan fingerprint density at radius 1 is 0.952 bits per heavy atom. The van der Waals surface area contributed by atoms with E-state index in [-0.39, 0.29) is 5.91 Å². The number of amides is 1. The Balaban J connectivity index is 1.76. The lowest BCUT2D eigenvalue weighted by Gasteiger charge is -2.03. The van der Waals surface area contributed by atoms with Gasteiger partial charge in [0.1, 0.15) is 0 Å². The van der Waals surface area contributed by atoms with Gasteiger partial charge in [-0.1, -0.05) is 24.3 Å². The molecule has 0 aliphatic rings. The largest absolute Gasteiger partial charge is 0.355 e. The Kier molecular flexibility index (Phi) is 2.75. The van der Waals surface area contributed by atoms with E-state index in [2.05, 4.69) is 22.4 Å². The molecule has 0 spiro atoms. The molecule has 102 valence electrons. The van der Waals surface area contributed by atoms with Crippen LogP contribution in [0.25, 0.3) is 21.8 Å². The van der Waals surface area contributed by atoms with E-state index in [0.29, 0.717) is 4.88 Å². The fourth-order valence-corrected chi connectivity index (χ4v) is 3.15. The number of hydrogen-bond donors (Lipinski definition) is 2. The molecule has 0 saturated heterocycles. The second kappa shape index (κ2) is 4.75. The van der Waals surface area contributed by atoms with E-state index in [1.807, 2.05) is 47.8 Å². The highest BCUT2D eigenvalue weighted by Crippen LogP contribution is 2.27. The van der Waals surface area contributed by atoms with Gasteiger partial charge in [0.15, 0.2) is 0 Å². The zero-order valence-electron chi connectivity index (χ0n) is 11.1. The highest BCUT2D eigenvalue weighted by atomic mass is 32.1. The molecule has 4 aromatic rings. The highest BCUT2D eigenvalue weighted by Gasteiger charge is 2.09. The molecule has 0 fully saturated rings. The van der Waals surface area contributed by atoms with Crippen LogP contribution >= 0.6 is 11.3 Å². The molecule has 0 atom stereocenters. The van der Waals surface area contributed by atoms with E-state index in [0.717, 1.165) is 22.1 Å². The number of thiophene rings is 1. The van der Waals surface area contributed by atoms with Crippen molar-refractivity contribution in [2.45, 2.75) is 0 Å². The molecule has 2 heterocycles. The second-order valence-electron chi connectivity index (χ2n) is 4.86. The lowest BCUT2D eigenvalue weighted by atomic mass is 10.1. The Labute approximate surface area is 125 Å². The van der Waals surface area contributed by atoms with E-state index in [1.165, 1.54) is 16.7 Å². The number of anilines is 1. The number of H-pyrrole nitrogens is 1. The molecule has 2 N–H and O–H groups in total. The lowest BCUT2D eigenvalue weighted by Crippen LogP contribution is -2.09. The molecular formula is C17H12N2OS. The number of hydrogen-bond acceptors (Lipinski definition) is 2. The zero-order valence-corrected chi connectivity index (χ0v) is 11.9. The average Bonchev–Trinajstić information content (AvgIpc) is 3.14. The fraction of sp³-hybridized carbons (Fsp3) is 0. The molecule has 21 heavy (non-hydrogen) atoms. The zero-order chi connectivity index (χ0) is 14.2. The van der Waals surface area contributed by atoms with Crippen LogP contribution in [0.1, 0.15) is 9.67 Å². The highest BCUT2D eigenvalue weighted by molar-refractivity contribution is 7.12. The SMILES string of the molecule is O=C(Nc1ccc2[nH]c3ccccc3c2c1)c1cccs1. The van der Waals surface area contributed by atoms with Gasteiger partial charge in [-0.15, -0.1) is 11.3 Å². The van der Waals surface area contributed by atoms with Gasteiger partial charge in [-0.3, -0.25) is 4.79 Å². The third kappa shape index (κ3) is 2.10. The normalized spacial score (nSPS) is 11.0. The lowest BCUT2D eigenvalue weighted by molar-refractivity contribution is 0.103. The topological polar surface area (TPSA) is 44.9 Å². The predicted octanol–water partition coefficient (Wildman–Crippen LogP) is 4.63. The summed E-state index contributed by atoms with van der Waals surface area (Å²) < 4.78 is 0. The van der Waals surface area contributed by atoms with Crippen molar-refractivity contribution in [2.75, 3.05) is 5.32 Å². The van der Waals surface area contributed by atoms with E-state index in [9.17, 15) is 4.79 Å². The van der Waals surface area contributed by atoms with Crippen molar-refractivity contribution >= 4 is 44.7 Å². The minimum Gasteiger partial charge on any atom is -0.355 e. The number of aromatic amines is 1. The van der Waals surface area contributed by atoms with Crippen LogP contribution in [-0.4, -0.2) is 10.9 Å². The molecule has 0 saturated carbocycles. The van der Waals surface area contributed by atoms with Gasteiger partial charge in [-0.2, -0.15) is 0 Å². The van der Waals surface area contributed by atoms with Crippen LogP contribution in [0, 0.1) is 0 Å². The van der Waals surface area contributed by atoms with Crippen LogP contribution in [0.4, 0.5) is 5.69 Å². The molecule has 0 radical (unpaired) electrons. The van der Waals surface area contributed by atoms with Crippen molar-refractivity contribution in [3.8, 4) is 0 Å². The fourth-order valence-electron chi connectivity index (χ4n) is 2.53. The number of fused-ring (bicyclic) bond motifs is 3. The van der Waals surface area contributed by atoms with Crippen LogP contribution in [0.3, 0.4) is 0 Å². The summed E-state index contributed by atoms with van der Waals surface area (Å²) in [5.41, 5.74) is 2.99. The smallest absolute Gasteiger partial charge is 0.265 e. The maximum absolute atomic E-state index is 12.1. The molecule has 0 aliphatic carbocycles. The van der Waals surface area contributed by atoms with Gasteiger partial charge < -0.3 is 10.3 Å². The summed E-state index contributed by atoms with van der Waals surface area (Å²) in [5, 5.41) is 7.14. The van der Waals surface area contributed by atoms with Crippen LogP contribution in [0.5, 0.6) is 0 Å². The molecular weight excluding hydrogens is 280 g/mol. The summed E-state index contributed by atoms with van der Waals surface area (Å²) in [6, 6.07) is 17.8. The molecule has 2 aromatic carbocycles. The van der Waals surface area contributed by atoms with Gasteiger partial charge in [0.25, 0.3) is 5.91 Å². The van der Waals surface area contributed by atoms with Crippen molar-refractivity contribution in [1.82, 2.24) is 4.98 Å². The van der Waals surface area contributed by atoms with Gasteiger partial charge in [0, 0.05) is 27.5 Å². The van der Waals surface area contributed by atoms with Crippen molar-refractivity contribution in [1.29, 1.82) is 0 Å². The first-order valence-electron chi connectivity index (χ1n) is 6.66.